The zero-order chi connectivity index (χ0) is 49.0. The summed E-state index contributed by atoms with van der Waals surface area (Å²) in [6.07, 6.45) is 0. The molecule has 0 saturated carbocycles. The van der Waals surface area contributed by atoms with Gasteiger partial charge >= 0.3 is 0 Å². The Morgan fingerprint density at radius 2 is 0.378 bits per heavy atom. The molecule has 0 aliphatic carbocycles. The van der Waals surface area contributed by atoms with Crippen molar-refractivity contribution in [1.29, 1.82) is 0 Å². The zero-order valence-electron chi connectivity index (χ0n) is 40.4. The van der Waals surface area contributed by atoms with Gasteiger partial charge in [-0.25, -0.2) is 0 Å². The van der Waals surface area contributed by atoms with Crippen LogP contribution < -0.4 is 0 Å². The molecule has 0 bridgehead atoms. The Hall–Kier alpha value is -8.92. The van der Waals surface area contributed by atoms with E-state index in [1.54, 1.807) is 0 Å². The second-order valence-corrected chi connectivity index (χ2v) is 21.2. The van der Waals surface area contributed by atoms with Gasteiger partial charge in [0.05, 0.1) is 0 Å². The first-order valence-corrected chi connectivity index (χ1v) is 26.9. The van der Waals surface area contributed by atoms with Crippen LogP contribution in [0.4, 0.5) is 0 Å². The van der Waals surface area contributed by atoms with Crippen molar-refractivity contribution >= 4 is 65.8 Å². The van der Waals surface area contributed by atoms with Crippen LogP contribution in [0, 0.1) is 0 Å². The molecule has 0 saturated heterocycles. The third-order valence-electron chi connectivity index (χ3n) is 14.8. The highest BCUT2D eigenvalue weighted by molar-refractivity contribution is 7.19. The van der Waals surface area contributed by atoms with Crippen LogP contribution in [0.1, 0.15) is 0 Å². The summed E-state index contributed by atoms with van der Waals surface area (Å²) in [6, 6.07) is 103. The smallest absolute Gasteiger partial charge is 0.0349 e. The normalized spacial score (nSPS) is 11.5. The minimum absolute atomic E-state index is 1.18. The van der Waals surface area contributed by atoms with Gasteiger partial charge in [0, 0.05) is 19.5 Å². The molecule has 0 aliphatic rings. The van der Waals surface area contributed by atoms with E-state index in [-0.39, 0.29) is 0 Å². The maximum Gasteiger partial charge on any atom is 0.0349 e. The van der Waals surface area contributed by atoms with Crippen molar-refractivity contribution in [1.82, 2.24) is 0 Å². The topological polar surface area (TPSA) is 0 Å². The fourth-order valence-electron chi connectivity index (χ4n) is 11.3. The lowest BCUT2D eigenvalue weighted by atomic mass is 9.84. The largest absolute Gasteiger partial charge is 0.135 e. The molecule has 346 valence electrons. The lowest BCUT2D eigenvalue weighted by Crippen LogP contribution is -1.92. The van der Waals surface area contributed by atoms with E-state index in [2.05, 4.69) is 279 Å². The molecule has 12 aromatic carbocycles. The monoisotopic (exact) mass is 974 g/mol. The molecule has 0 nitrogen and oxygen atoms in total. The molecule has 0 spiro atoms. The molecule has 14 rings (SSSR count). The highest BCUT2D eigenvalue weighted by atomic mass is 32.1. The molecule has 0 N–H and O–H groups in total. The number of hydrogen-bond donors (Lipinski definition) is 0. The van der Waals surface area contributed by atoms with Crippen molar-refractivity contribution in [2.24, 2.45) is 0 Å². The first kappa shape index (κ1) is 43.8. The molecule has 0 radical (unpaired) electrons. The van der Waals surface area contributed by atoms with E-state index < -0.39 is 0 Å². The SMILES string of the molecule is c1ccc(-c2ccc(-c3ccc(-c4c5ccccc5c(-c5ccc(-c6ccc(-c7ccccc7)s6)cc5)c5cc(-c6ccc(-c7c8ccccc8c(-c8ccccc8)c8ccccc78)cc6)ccc45)cc3)s2)cc1. The molecule has 74 heavy (non-hydrogen) atoms. The molecule has 2 aromatic heterocycles. The molecular formula is C72H46S2. The first-order valence-electron chi connectivity index (χ1n) is 25.3. The van der Waals surface area contributed by atoms with Crippen LogP contribution in [0.15, 0.2) is 279 Å². The minimum atomic E-state index is 1.18. The van der Waals surface area contributed by atoms with Gasteiger partial charge in [-0.2, -0.15) is 0 Å². The summed E-state index contributed by atoms with van der Waals surface area (Å²) in [5.74, 6) is 0. The predicted octanol–water partition coefficient (Wildman–Crippen LogP) is 21.4. The zero-order valence-corrected chi connectivity index (χ0v) is 42.0. The summed E-state index contributed by atoms with van der Waals surface area (Å²) in [4.78, 5) is 5.09. The standard InChI is InChI=1S/C72H46S2/c1-4-16-48(17-5-1)65-42-44-67(73-65)50-30-36-54(37-31-50)71-61-26-14-15-27-62(61)72(55-38-32-51(33-39-55)68-45-43-66(74-68)49-18-6-2-7-19-49)64-46-56(40-41-63(64)71)47-28-34-53(35-29-47)70-59-24-12-10-22-57(59)69(52-20-8-3-9-21-52)58-23-11-13-25-60(58)70/h1-46H. The van der Waals surface area contributed by atoms with Gasteiger partial charge in [0.1, 0.15) is 0 Å². The molecule has 0 unspecified atom stereocenters. The van der Waals surface area contributed by atoms with E-state index in [9.17, 15) is 0 Å². The van der Waals surface area contributed by atoms with Gasteiger partial charge < -0.3 is 0 Å². The third kappa shape index (κ3) is 7.75. The number of hydrogen-bond acceptors (Lipinski definition) is 2. The van der Waals surface area contributed by atoms with Crippen molar-refractivity contribution in [2.75, 3.05) is 0 Å². The Morgan fingerprint density at radius 1 is 0.149 bits per heavy atom. The second kappa shape index (κ2) is 18.6. The summed E-state index contributed by atoms with van der Waals surface area (Å²) in [7, 11) is 0. The molecular weight excluding hydrogens is 929 g/mol. The van der Waals surface area contributed by atoms with Gasteiger partial charge in [0.2, 0.25) is 0 Å². The number of rotatable bonds is 9. The van der Waals surface area contributed by atoms with Crippen LogP contribution in [0.5, 0.6) is 0 Å². The van der Waals surface area contributed by atoms with Gasteiger partial charge in [0.15, 0.2) is 0 Å². The van der Waals surface area contributed by atoms with Crippen molar-refractivity contribution < 1.29 is 0 Å². The number of thiophene rings is 2. The summed E-state index contributed by atoms with van der Waals surface area (Å²) in [5.41, 5.74) is 17.2. The second-order valence-electron chi connectivity index (χ2n) is 19.1. The molecule has 0 amide bonds. The lowest BCUT2D eigenvalue weighted by Gasteiger charge is -2.19. The third-order valence-corrected chi connectivity index (χ3v) is 17.1. The fraction of sp³-hybridized carbons (Fsp3) is 0. The predicted molar refractivity (Wildman–Crippen MR) is 321 cm³/mol. The van der Waals surface area contributed by atoms with Gasteiger partial charge in [-0.3, -0.25) is 0 Å². The summed E-state index contributed by atoms with van der Waals surface area (Å²) < 4.78 is 0. The van der Waals surface area contributed by atoms with Crippen LogP contribution in [-0.2, 0) is 0 Å². The molecule has 14 aromatic rings. The van der Waals surface area contributed by atoms with E-state index in [1.807, 2.05) is 22.7 Å². The van der Waals surface area contributed by atoms with Crippen LogP contribution >= 0.6 is 22.7 Å². The molecule has 0 fully saturated rings. The van der Waals surface area contributed by atoms with E-state index in [0.717, 1.165) is 0 Å². The molecule has 2 heteroatoms. The van der Waals surface area contributed by atoms with E-state index in [1.165, 1.54) is 140 Å². The van der Waals surface area contributed by atoms with Gasteiger partial charge in [-0.1, -0.05) is 249 Å². The van der Waals surface area contributed by atoms with E-state index in [4.69, 9.17) is 0 Å². The Balaban J connectivity index is 0.905. The number of fused-ring (bicyclic) bond motifs is 4. The maximum atomic E-state index is 2.44. The number of benzene rings is 12. The van der Waals surface area contributed by atoms with Crippen LogP contribution in [0.2, 0.25) is 0 Å². The highest BCUT2D eigenvalue weighted by Gasteiger charge is 2.20. The summed E-state index contributed by atoms with van der Waals surface area (Å²) >= 11 is 3.69. The first-order chi connectivity index (χ1) is 36.7. The fourth-order valence-corrected chi connectivity index (χ4v) is 13.3. The van der Waals surface area contributed by atoms with Crippen molar-refractivity contribution in [3.05, 3.63) is 279 Å². The average Bonchev–Trinajstić information content (AvgIpc) is 4.19. The Morgan fingerprint density at radius 3 is 0.730 bits per heavy atom. The Labute approximate surface area is 439 Å². The van der Waals surface area contributed by atoms with Crippen molar-refractivity contribution in [3.63, 3.8) is 0 Å². The van der Waals surface area contributed by atoms with Gasteiger partial charge in [0.25, 0.3) is 0 Å². The maximum absolute atomic E-state index is 2.44. The Bertz CT molecular complexity index is 4300. The summed E-state index contributed by atoms with van der Waals surface area (Å²) in [5, 5.41) is 10.0. The quantitative estimate of drug-likeness (QED) is 0.126. The van der Waals surface area contributed by atoms with Crippen molar-refractivity contribution in [2.45, 2.75) is 0 Å². The van der Waals surface area contributed by atoms with Gasteiger partial charge in [-0.15, -0.1) is 22.7 Å². The van der Waals surface area contributed by atoms with Crippen LogP contribution in [-0.4, -0.2) is 0 Å². The lowest BCUT2D eigenvalue weighted by molar-refractivity contribution is 1.62. The molecule has 0 atom stereocenters. The molecule has 0 aliphatic heterocycles. The average molecular weight is 975 g/mol. The van der Waals surface area contributed by atoms with Crippen LogP contribution in [0.25, 0.3) is 140 Å². The Kier molecular flexibility index (Phi) is 11.0. The van der Waals surface area contributed by atoms with Crippen LogP contribution in [0.3, 0.4) is 0 Å². The van der Waals surface area contributed by atoms with Gasteiger partial charge in [-0.05, 0) is 151 Å². The van der Waals surface area contributed by atoms with E-state index >= 15 is 0 Å². The van der Waals surface area contributed by atoms with E-state index in [0.29, 0.717) is 0 Å². The summed E-state index contributed by atoms with van der Waals surface area (Å²) in [6.45, 7) is 0. The highest BCUT2D eigenvalue weighted by Crippen LogP contribution is 2.48. The minimum Gasteiger partial charge on any atom is -0.135 e. The van der Waals surface area contributed by atoms with Crippen molar-refractivity contribution in [3.8, 4) is 97.4 Å². The molecule has 2 heterocycles.